The number of hydrogen-bond donors (Lipinski definition) is 1. The van der Waals surface area contributed by atoms with Crippen molar-refractivity contribution < 1.29 is 4.74 Å². The van der Waals surface area contributed by atoms with Gasteiger partial charge in [-0.2, -0.15) is 0 Å². The van der Waals surface area contributed by atoms with Crippen molar-refractivity contribution in [1.29, 1.82) is 0 Å². The van der Waals surface area contributed by atoms with Gasteiger partial charge in [0.25, 0.3) is 0 Å². The Hall–Kier alpha value is -1.06. The SMILES string of the molecule is COc1ccc(CN)cc1CN(CC1CC1)CC1CC1. The lowest BCUT2D eigenvalue weighted by Crippen LogP contribution is -2.28. The van der Waals surface area contributed by atoms with Gasteiger partial charge in [-0.05, 0) is 55.2 Å². The minimum Gasteiger partial charge on any atom is -0.496 e. The van der Waals surface area contributed by atoms with Crippen molar-refractivity contribution in [2.24, 2.45) is 17.6 Å². The van der Waals surface area contributed by atoms with Gasteiger partial charge in [-0.25, -0.2) is 0 Å². The van der Waals surface area contributed by atoms with E-state index >= 15 is 0 Å². The molecule has 0 saturated heterocycles. The van der Waals surface area contributed by atoms with E-state index < -0.39 is 0 Å². The predicted octanol–water partition coefficient (Wildman–Crippen LogP) is 2.78. The molecular formula is C17H26N2O. The maximum atomic E-state index is 5.77. The van der Waals surface area contributed by atoms with Crippen molar-refractivity contribution in [1.82, 2.24) is 4.90 Å². The van der Waals surface area contributed by atoms with Crippen LogP contribution in [0.1, 0.15) is 36.8 Å². The molecule has 110 valence electrons. The Morgan fingerprint density at radius 1 is 1.15 bits per heavy atom. The second kappa shape index (κ2) is 6.15. The van der Waals surface area contributed by atoms with Crippen molar-refractivity contribution in [3.05, 3.63) is 29.3 Å². The summed E-state index contributed by atoms with van der Waals surface area (Å²) in [5, 5.41) is 0. The van der Waals surface area contributed by atoms with Crippen LogP contribution in [-0.2, 0) is 13.1 Å². The standard InChI is InChI=1S/C17H26N2O/c1-20-17-7-6-15(9-18)8-16(17)12-19(10-13-2-3-13)11-14-4-5-14/h6-8,13-14H,2-5,9-12,18H2,1H3. The first-order valence-corrected chi connectivity index (χ1v) is 7.86. The Bertz CT molecular complexity index is 438. The highest BCUT2D eigenvalue weighted by Crippen LogP contribution is 2.35. The lowest BCUT2D eigenvalue weighted by molar-refractivity contribution is 0.240. The zero-order chi connectivity index (χ0) is 13.9. The molecule has 1 aromatic carbocycles. The van der Waals surface area contributed by atoms with Gasteiger partial charge >= 0.3 is 0 Å². The van der Waals surface area contributed by atoms with Crippen LogP contribution in [0.15, 0.2) is 18.2 Å². The third kappa shape index (κ3) is 3.74. The van der Waals surface area contributed by atoms with E-state index in [1.54, 1.807) is 7.11 Å². The van der Waals surface area contributed by atoms with Crippen molar-refractivity contribution in [3.8, 4) is 5.75 Å². The fourth-order valence-corrected chi connectivity index (χ4v) is 2.86. The van der Waals surface area contributed by atoms with Crippen molar-refractivity contribution in [3.63, 3.8) is 0 Å². The first-order valence-electron chi connectivity index (χ1n) is 7.86. The summed E-state index contributed by atoms with van der Waals surface area (Å²) in [6.07, 6.45) is 5.67. The Kier molecular flexibility index (Phi) is 4.27. The average molecular weight is 274 g/mol. The molecule has 3 nitrogen and oxygen atoms in total. The summed E-state index contributed by atoms with van der Waals surface area (Å²) >= 11 is 0. The molecule has 2 aliphatic carbocycles. The van der Waals surface area contributed by atoms with Crippen LogP contribution < -0.4 is 10.5 Å². The van der Waals surface area contributed by atoms with E-state index in [2.05, 4.69) is 23.1 Å². The van der Waals surface area contributed by atoms with Crippen molar-refractivity contribution in [2.75, 3.05) is 20.2 Å². The Morgan fingerprint density at radius 3 is 2.30 bits per heavy atom. The van der Waals surface area contributed by atoms with Crippen LogP contribution in [0.5, 0.6) is 5.75 Å². The van der Waals surface area contributed by atoms with Gasteiger partial charge in [-0.3, -0.25) is 4.90 Å². The van der Waals surface area contributed by atoms with Gasteiger partial charge in [0.2, 0.25) is 0 Å². The van der Waals surface area contributed by atoms with Crippen LogP contribution in [0.2, 0.25) is 0 Å². The monoisotopic (exact) mass is 274 g/mol. The van der Waals surface area contributed by atoms with E-state index in [1.165, 1.54) is 49.9 Å². The minimum atomic E-state index is 0.599. The molecule has 0 heterocycles. The topological polar surface area (TPSA) is 38.5 Å². The smallest absolute Gasteiger partial charge is 0.123 e. The van der Waals surface area contributed by atoms with E-state index in [4.69, 9.17) is 10.5 Å². The number of nitrogens with two attached hydrogens (primary N) is 1. The molecule has 0 bridgehead atoms. The molecule has 0 unspecified atom stereocenters. The van der Waals surface area contributed by atoms with Gasteiger partial charge in [0.05, 0.1) is 7.11 Å². The molecule has 2 saturated carbocycles. The van der Waals surface area contributed by atoms with Crippen LogP contribution in [0.3, 0.4) is 0 Å². The minimum absolute atomic E-state index is 0.599. The lowest BCUT2D eigenvalue weighted by atomic mass is 10.1. The summed E-state index contributed by atoms with van der Waals surface area (Å²) in [6.45, 7) is 4.12. The Labute approximate surface area is 122 Å². The number of rotatable bonds is 8. The van der Waals surface area contributed by atoms with Crippen LogP contribution in [-0.4, -0.2) is 25.1 Å². The molecule has 3 rings (SSSR count). The Balaban J connectivity index is 1.71. The van der Waals surface area contributed by atoms with E-state index in [-0.39, 0.29) is 0 Å². The van der Waals surface area contributed by atoms with E-state index in [0.717, 1.165) is 24.1 Å². The number of methoxy groups -OCH3 is 1. The molecular weight excluding hydrogens is 248 g/mol. The maximum absolute atomic E-state index is 5.77. The highest BCUT2D eigenvalue weighted by molar-refractivity contribution is 5.37. The number of hydrogen-bond acceptors (Lipinski definition) is 3. The van der Waals surface area contributed by atoms with Gasteiger partial charge in [-0.15, -0.1) is 0 Å². The normalized spacial score (nSPS) is 18.6. The van der Waals surface area contributed by atoms with Gasteiger partial charge in [0.15, 0.2) is 0 Å². The van der Waals surface area contributed by atoms with Gasteiger partial charge < -0.3 is 10.5 Å². The molecule has 0 radical (unpaired) electrons. The van der Waals surface area contributed by atoms with Crippen molar-refractivity contribution >= 4 is 0 Å². The zero-order valence-corrected chi connectivity index (χ0v) is 12.5. The molecule has 1 aromatic rings. The van der Waals surface area contributed by atoms with Gasteiger partial charge in [0.1, 0.15) is 5.75 Å². The predicted molar refractivity (Wildman–Crippen MR) is 81.6 cm³/mol. The molecule has 2 N–H and O–H groups in total. The third-order valence-corrected chi connectivity index (χ3v) is 4.40. The molecule has 0 aromatic heterocycles. The van der Waals surface area contributed by atoms with Crippen LogP contribution in [0.4, 0.5) is 0 Å². The molecule has 2 fully saturated rings. The fourth-order valence-electron chi connectivity index (χ4n) is 2.86. The average Bonchev–Trinajstić information content (AvgIpc) is 3.35. The van der Waals surface area contributed by atoms with Crippen molar-refractivity contribution in [2.45, 2.75) is 38.8 Å². The molecule has 0 spiro atoms. The molecule has 20 heavy (non-hydrogen) atoms. The summed E-state index contributed by atoms with van der Waals surface area (Å²) in [7, 11) is 1.76. The van der Waals surface area contributed by atoms with Crippen LogP contribution in [0.25, 0.3) is 0 Å². The second-order valence-corrected chi connectivity index (χ2v) is 6.43. The van der Waals surface area contributed by atoms with Gasteiger partial charge in [-0.1, -0.05) is 6.07 Å². The first kappa shape index (κ1) is 13.9. The quantitative estimate of drug-likeness (QED) is 0.792. The summed E-state index contributed by atoms with van der Waals surface area (Å²) < 4.78 is 5.52. The highest BCUT2D eigenvalue weighted by atomic mass is 16.5. The van der Waals surface area contributed by atoms with Crippen LogP contribution >= 0.6 is 0 Å². The molecule has 0 amide bonds. The largest absolute Gasteiger partial charge is 0.496 e. The number of benzene rings is 1. The second-order valence-electron chi connectivity index (χ2n) is 6.43. The summed E-state index contributed by atoms with van der Waals surface area (Å²) in [4.78, 5) is 2.63. The summed E-state index contributed by atoms with van der Waals surface area (Å²) in [5.41, 5.74) is 8.25. The van der Waals surface area contributed by atoms with Gasteiger partial charge in [0, 0.05) is 31.7 Å². The maximum Gasteiger partial charge on any atom is 0.123 e. The fraction of sp³-hybridized carbons (Fsp3) is 0.647. The zero-order valence-electron chi connectivity index (χ0n) is 12.5. The summed E-state index contributed by atoms with van der Waals surface area (Å²) in [5.74, 6) is 2.88. The van der Waals surface area contributed by atoms with E-state index in [9.17, 15) is 0 Å². The first-order chi connectivity index (χ1) is 9.78. The molecule has 3 heteroatoms. The molecule has 2 aliphatic rings. The Morgan fingerprint density at radius 2 is 1.80 bits per heavy atom. The van der Waals surface area contributed by atoms with Crippen LogP contribution in [0, 0.1) is 11.8 Å². The third-order valence-electron chi connectivity index (χ3n) is 4.40. The highest BCUT2D eigenvalue weighted by Gasteiger charge is 2.29. The molecule has 0 atom stereocenters. The lowest BCUT2D eigenvalue weighted by Gasteiger charge is -2.23. The number of nitrogens with zero attached hydrogens (tertiary/aromatic N) is 1. The molecule has 0 aliphatic heterocycles. The summed E-state index contributed by atoms with van der Waals surface area (Å²) in [6, 6.07) is 6.34. The van der Waals surface area contributed by atoms with E-state index in [1.807, 2.05) is 0 Å². The number of ether oxygens (including phenoxy) is 1. The van der Waals surface area contributed by atoms with E-state index in [0.29, 0.717) is 6.54 Å².